The number of rotatable bonds is 3. The topological polar surface area (TPSA) is 63.4 Å². The Morgan fingerprint density at radius 2 is 1.84 bits per heavy atom. The van der Waals surface area contributed by atoms with E-state index in [-0.39, 0.29) is 5.91 Å². The van der Waals surface area contributed by atoms with Crippen LogP contribution in [0.15, 0.2) is 48.8 Å². The molecular formula is C18H18N4O2S. The van der Waals surface area contributed by atoms with E-state index in [4.69, 9.17) is 0 Å². The third-order valence-corrected chi connectivity index (χ3v) is 5.43. The van der Waals surface area contributed by atoms with Crippen molar-refractivity contribution in [3.8, 4) is 0 Å². The van der Waals surface area contributed by atoms with Crippen LogP contribution in [-0.2, 0) is 6.54 Å². The minimum atomic E-state index is -0.0137. The lowest BCUT2D eigenvalue weighted by atomic mass is 10.2. The molecule has 1 fully saturated rings. The summed E-state index contributed by atoms with van der Waals surface area (Å²) in [6, 6.07) is 11.3. The Morgan fingerprint density at radius 1 is 1.12 bits per heavy atom. The summed E-state index contributed by atoms with van der Waals surface area (Å²) in [7, 11) is 0. The minimum absolute atomic E-state index is 0.0137. The molecule has 3 heterocycles. The Bertz CT molecular complexity index is 852. The first kappa shape index (κ1) is 16.0. The van der Waals surface area contributed by atoms with Gasteiger partial charge in [0.2, 0.25) is 0 Å². The molecular weight excluding hydrogens is 336 g/mol. The van der Waals surface area contributed by atoms with E-state index in [1.807, 2.05) is 23.1 Å². The van der Waals surface area contributed by atoms with Crippen LogP contribution in [0.25, 0.3) is 10.2 Å². The van der Waals surface area contributed by atoms with Crippen molar-refractivity contribution in [3.63, 3.8) is 0 Å². The van der Waals surface area contributed by atoms with Crippen LogP contribution in [0.5, 0.6) is 0 Å². The average molecular weight is 354 g/mol. The van der Waals surface area contributed by atoms with Gasteiger partial charge in [-0.1, -0.05) is 12.1 Å². The molecule has 1 amide bonds. The van der Waals surface area contributed by atoms with Gasteiger partial charge in [-0.3, -0.25) is 9.69 Å². The predicted molar refractivity (Wildman–Crippen MR) is 96.2 cm³/mol. The van der Waals surface area contributed by atoms with Gasteiger partial charge in [-0.15, -0.1) is 11.3 Å². The summed E-state index contributed by atoms with van der Waals surface area (Å²) in [6.07, 6.45) is 2.72. The number of thiazole rings is 1. The van der Waals surface area contributed by atoms with Crippen LogP contribution in [0.4, 0.5) is 0 Å². The number of hydrogen-bond donors (Lipinski definition) is 0. The Hall–Kier alpha value is -2.51. The van der Waals surface area contributed by atoms with Gasteiger partial charge >= 0.3 is 0 Å². The number of carbonyl (C=O) groups excluding carboxylic acids is 1. The van der Waals surface area contributed by atoms with E-state index in [0.717, 1.165) is 30.2 Å². The van der Waals surface area contributed by atoms with Crippen molar-refractivity contribution in [1.82, 2.24) is 14.8 Å². The highest BCUT2D eigenvalue weighted by atomic mass is 32.1. The fourth-order valence-electron chi connectivity index (χ4n) is 3.03. The van der Waals surface area contributed by atoms with Gasteiger partial charge in [0.15, 0.2) is 12.4 Å². The van der Waals surface area contributed by atoms with Crippen LogP contribution >= 0.6 is 11.3 Å². The molecule has 3 aromatic rings. The smallest absolute Gasteiger partial charge is 0.254 e. The number of benzene rings is 1. The third-order valence-electron chi connectivity index (χ3n) is 4.41. The van der Waals surface area contributed by atoms with Crippen LogP contribution in [0.2, 0.25) is 0 Å². The number of para-hydroxylation sites is 1. The van der Waals surface area contributed by atoms with E-state index in [1.165, 1.54) is 17.1 Å². The van der Waals surface area contributed by atoms with Crippen molar-refractivity contribution in [2.45, 2.75) is 6.54 Å². The lowest BCUT2D eigenvalue weighted by Gasteiger charge is -2.34. The molecule has 6 nitrogen and oxygen atoms in total. The fraction of sp³-hybridized carbons (Fsp3) is 0.278. The quantitative estimate of drug-likeness (QED) is 0.532. The van der Waals surface area contributed by atoms with E-state index < -0.39 is 0 Å². The van der Waals surface area contributed by atoms with Gasteiger partial charge in [-0.25, -0.2) is 4.98 Å². The second kappa shape index (κ2) is 6.78. The Kier molecular flexibility index (Phi) is 4.33. The predicted octanol–water partition coefficient (Wildman–Crippen LogP) is 1.89. The van der Waals surface area contributed by atoms with Gasteiger partial charge in [0, 0.05) is 38.3 Å². The number of piperazine rings is 1. The molecule has 25 heavy (non-hydrogen) atoms. The van der Waals surface area contributed by atoms with Gasteiger partial charge in [0.05, 0.1) is 22.3 Å². The molecule has 0 spiro atoms. The molecule has 4 rings (SSSR count). The molecule has 7 heteroatoms. The lowest BCUT2D eigenvalue weighted by Crippen LogP contribution is -2.48. The van der Waals surface area contributed by atoms with Crippen molar-refractivity contribution < 1.29 is 9.52 Å². The molecule has 1 aliphatic heterocycles. The van der Waals surface area contributed by atoms with Crippen molar-refractivity contribution in [3.05, 3.63) is 64.6 Å². The first-order valence-corrected chi connectivity index (χ1v) is 9.05. The van der Waals surface area contributed by atoms with Crippen LogP contribution < -0.4 is 4.73 Å². The first-order chi connectivity index (χ1) is 12.2. The van der Waals surface area contributed by atoms with Gasteiger partial charge in [0.25, 0.3) is 5.91 Å². The van der Waals surface area contributed by atoms with Gasteiger partial charge in [0.1, 0.15) is 5.01 Å². The normalized spacial score (nSPS) is 15.6. The number of hydrogen-bond acceptors (Lipinski definition) is 5. The zero-order valence-electron chi connectivity index (χ0n) is 13.7. The summed E-state index contributed by atoms with van der Waals surface area (Å²) in [5.74, 6) is -0.0137. The summed E-state index contributed by atoms with van der Waals surface area (Å²) in [6.45, 7) is 3.86. The van der Waals surface area contributed by atoms with Crippen molar-refractivity contribution >= 4 is 27.5 Å². The SMILES string of the molecule is O=C(c1cc[n+]([O-])cc1)N1CCN(Cc2nc3ccccc3s2)CC1. The maximum absolute atomic E-state index is 12.5. The van der Waals surface area contributed by atoms with E-state index >= 15 is 0 Å². The second-order valence-electron chi connectivity index (χ2n) is 6.09. The minimum Gasteiger partial charge on any atom is -0.619 e. The molecule has 0 radical (unpaired) electrons. The summed E-state index contributed by atoms with van der Waals surface area (Å²) >= 11 is 1.73. The second-order valence-corrected chi connectivity index (χ2v) is 7.21. The largest absolute Gasteiger partial charge is 0.619 e. The molecule has 0 N–H and O–H groups in total. The van der Waals surface area contributed by atoms with Crippen molar-refractivity contribution in [2.24, 2.45) is 0 Å². The molecule has 128 valence electrons. The first-order valence-electron chi connectivity index (χ1n) is 8.24. The highest BCUT2D eigenvalue weighted by molar-refractivity contribution is 7.18. The van der Waals surface area contributed by atoms with Crippen LogP contribution in [-0.4, -0.2) is 46.9 Å². The maximum Gasteiger partial charge on any atom is 0.254 e. The van der Waals surface area contributed by atoms with E-state index in [1.54, 1.807) is 23.5 Å². The van der Waals surface area contributed by atoms with E-state index in [9.17, 15) is 10.0 Å². The standard InChI is InChI=1S/C18H18N4O2S/c23-18(14-5-7-22(24)8-6-14)21-11-9-20(10-12-21)13-17-19-15-3-1-2-4-16(15)25-17/h1-8H,9-13H2. The number of fused-ring (bicyclic) bond motifs is 1. The van der Waals surface area contributed by atoms with Crippen LogP contribution in [0.3, 0.4) is 0 Å². The number of pyridine rings is 1. The molecule has 1 aromatic carbocycles. The zero-order chi connectivity index (χ0) is 17.2. The molecule has 2 aromatic heterocycles. The van der Waals surface area contributed by atoms with Crippen LogP contribution in [0.1, 0.15) is 15.4 Å². The Morgan fingerprint density at radius 3 is 2.56 bits per heavy atom. The zero-order valence-corrected chi connectivity index (χ0v) is 14.5. The Labute approximate surface area is 149 Å². The fourth-order valence-corrected chi connectivity index (χ4v) is 4.04. The average Bonchev–Trinajstić information content (AvgIpc) is 3.05. The van der Waals surface area contributed by atoms with Crippen molar-refractivity contribution in [1.29, 1.82) is 0 Å². The van der Waals surface area contributed by atoms with E-state index in [0.29, 0.717) is 23.4 Å². The monoisotopic (exact) mass is 354 g/mol. The number of aromatic nitrogens is 2. The van der Waals surface area contributed by atoms with Gasteiger partial charge in [-0.05, 0) is 12.1 Å². The summed E-state index contributed by atoms with van der Waals surface area (Å²) < 4.78 is 1.90. The molecule has 1 aliphatic rings. The number of nitrogens with zero attached hydrogens (tertiary/aromatic N) is 4. The molecule has 0 saturated carbocycles. The van der Waals surface area contributed by atoms with E-state index in [2.05, 4.69) is 16.0 Å². The Balaban J connectivity index is 1.36. The summed E-state index contributed by atoms with van der Waals surface area (Å²) in [4.78, 5) is 21.3. The highest BCUT2D eigenvalue weighted by Gasteiger charge is 2.23. The van der Waals surface area contributed by atoms with Crippen molar-refractivity contribution in [2.75, 3.05) is 26.2 Å². The van der Waals surface area contributed by atoms with Gasteiger partial charge < -0.3 is 10.1 Å². The number of amides is 1. The molecule has 0 bridgehead atoms. The summed E-state index contributed by atoms with van der Waals surface area (Å²) in [5, 5.41) is 12.2. The maximum atomic E-state index is 12.5. The molecule has 0 atom stereocenters. The van der Waals surface area contributed by atoms with Crippen LogP contribution in [0, 0.1) is 5.21 Å². The summed E-state index contributed by atoms with van der Waals surface area (Å²) in [5.41, 5.74) is 1.61. The highest BCUT2D eigenvalue weighted by Crippen LogP contribution is 2.23. The molecule has 0 aliphatic carbocycles. The number of carbonyl (C=O) groups is 1. The lowest BCUT2D eigenvalue weighted by molar-refractivity contribution is -0.605. The molecule has 1 saturated heterocycles. The molecule has 0 unspecified atom stereocenters. The van der Waals surface area contributed by atoms with Gasteiger partial charge in [-0.2, -0.15) is 4.73 Å². The third kappa shape index (κ3) is 3.47.